The Kier molecular flexibility index (Phi) is 6.62. The highest BCUT2D eigenvalue weighted by Gasteiger charge is 2.39. The summed E-state index contributed by atoms with van der Waals surface area (Å²) in [4.78, 5) is 12.9. The number of rotatable bonds is 7. The van der Waals surface area contributed by atoms with E-state index in [0.29, 0.717) is 6.42 Å². The molecule has 8 heteroatoms. The molecule has 3 rings (SSSR count). The number of hydrogen-bond donors (Lipinski definition) is 1. The average molecular weight is 451 g/mol. The maximum atomic E-state index is 12.9. The highest BCUT2D eigenvalue weighted by molar-refractivity contribution is 7.92. The van der Waals surface area contributed by atoms with E-state index >= 15 is 0 Å². The molecular weight excluding hydrogens is 424 g/mol. The van der Waals surface area contributed by atoms with Crippen LogP contribution in [0.1, 0.15) is 44.7 Å². The number of hydrogen-bond acceptors (Lipinski definition) is 4. The number of nitrogens with one attached hydrogen (secondary N) is 1. The third-order valence-corrected chi connectivity index (χ3v) is 7.08. The highest BCUT2D eigenvalue weighted by atomic mass is 35.5. The van der Waals surface area contributed by atoms with Crippen LogP contribution in [0.4, 0.5) is 5.69 Å². The summed E-state index contributed by atoms with van der Waals surface area (Å²) in [6.45, 7) is 3.78. The number of halogens is 1. The van der Waals surface area contributed by atoms with E-state index in [1.54, 1.807) is 24.3 Å². The molecule has 1 amide bonds. The topological polar surface area (TPSA) is 75.7 Å². The van der Waals surface area contributed by atoms with Crippen molar-refractivity contribution in [1.82, 2.24) is 5.32 Å². The maximum Gasteiger partial charge on any atom is 0.241 e. The molecule has 1 aliphatic heterocycles. The Morgan fingerprint density at radius 1 is 1.17 bits per heavy atom. The van der Waals surface area contributed by atoms with E-state index in [1.807, 2.05) is 24.3 Å². The summed E-state index contributed by atoms with van der Waals surface area (Å²) in [5, 5.41) is 3.29. The molecule has 0 bridgehead atoms. The number of anilines is 1. The van der Waals surface area contributed by atoms with Gasteiger partial charge in [-0.15, -0.1) is 0 Å². The normalized spacial score (nSPS) is 17.5. The summed E-state index contributed by atoms with van der Waals surface area (Å²) in [5.41, 5.74) is 0.804. The van der Waals surface area contributed by atoms with Crippen LogP contribution in [-0.4, -0.2) is 32.7 Å². The number of benzene rings is 2. The van der Waals surface area contributed by atoms with E-state index in [4.69, 9.17) is 16.3 Å². The predicted octanol–water partition coefficient (Wildman–Crippen LogP) is 4.30. The number of amides is 1. The van der Waals surface area contributed by atoms with Crippen molar-refractivity contribution in [3.8, 4) is 5.75 Å². The third kappa shape index (κ3) is 4.73. The highest BCUT2D eigenvalue weighted by Crippen LogP contribution is 2.42. The van der Waals surface area contributed by atoms with Crippen LogP contribution in [0.2, 0.25) is 5.02 Å². The van der Waals surface area contributed by atoms with Crippen LogP contribution in [0.3, 0.4) is 0 Å². The maximum absolute atomic E-state index is 12.9. The van der Waals surface area contributed by atoms with E-state index in [1.165, 1.54) is 0 Å². The molecule has 0 saturated heterocycles. The van der Waals surface area contributed by atoms with Gasteiger partial charge in [0.25, 0.3) is 0 Å². The number of nitrogens with zero attached hydrogens (tertiary/aromatic N) is 1. The zero-order valence-electron chi connectivity index (χ0n) is 17.4. The second-order valence-electron chi connectivity index (χ2n) is 7.58. The summed E-state index contributed by atoms with van der Waals surface area (Å²) in [5.74, 6) is 0.354. The Morgan fingerprint density at radius 2 is 1.80 bits per heavy atom. The number of para-hydroxylation sites is 2. The van der Waals surface area contributed by atoms with Crippen molar-refractivity contribution in [3.63, 3.8) is 0 Å². The van der Waals surface area contributed by atoms with Gasteiger partial charge in [0.15, 0.2) is 0 Å². The number of carbonyl (C=O) groups excluding carboxylic acids is 1. The van der Waals surface area contributed by atoms with E-state index in [9.17, 15) is 13.2 Å². The van der Waals surface area contributed by atoms with E-state index in [-0.39, 0.29) is 28.9 Å². The van der Waals surface area contributed by atoms with Crippen molar-refractivity contribution in [2.45, 2.75) is 44.8 Å². The monoisotopic (exact) mass is 450 g/mol. The van der Waals surface area contributed by atoms with Crippen LogP contribution in [0.5, 0.6) is 5.75 Å². The summed E-state index contributed by atoms with van der Waals surface area (Å²) < 4.78 is 32.1. The van der Waals surface area contributed by atoms with Gasteiger partial charge in [-0.25, -0.2) is 8.42 Å². The fourth-order valence-electron chi connectivity index (χ4n) is 3.84. The van der Waals surface area contributed by atoms with Crippen molar-refractivity contribution in [3.05, 3.63) is 59.1 Å². The molecular formula is C22H27ClN2O4S. The van der Waals surface area contributed by atoms with E-state index in [0.717, 1.165) is 34.7 Å². The Balaban J connectivity index is 1.86. The number of carbonyl (C=O) groups is 1. The zero-order chi connectivity index (χ0) is 21.9. The van der Waals surface area contributed by atoms with Crippen LogP contribution < -0.4 is 14.4 Å². The van der Waals surface area contributed by atoms with Gasteiger partial charge in [0.05, 0.1) is 23.0 Å². The smallest absolute Gasteiger partial charge is 0.241 e. The molecule has 1 heterocycles. The van der Waals surface area contributed by atoms with Crippen molar-refractivity contribution < 1.29 is 17.9 Å². The first-order valence-corrected chi connectivity index (χ1v) is 12.2. The lowest BCUT2D eigenvalue weighted by Gasteiger charge is -2.41. The minimum absolute atomic E-state index is 0.267. The standard InChI is InChI=1S/C22H27ClN2O4S/c1-4-22(5-2)14-18(16-10-6-9-13-20(16)29-22)24-21(26)15-25(30(3,27)28)19-12-8-7-11-17(19)23/h6-13,18H,4-5,14-15H2,1-3H3,(H,24,26)/t18-/m0/s1. The van der Waals surface area contributed by atoms with Gasteiger partial charge in [0, 0.05) is 12.0 Å². The van der Waals surface area contributed by atoms with Crippen LogP contribution in [0.15, 0.2) is 48.5 Å². The molecule has 2 aromatic carbocycles. The molecule has 6 nitrogen and oxygen atoms in total. The van der Waals surface area contributed by atoms with Crippen molar-refractivity contribution in [2.24, 2.45) is 0 Å². The number of fused-ring (bicyclic) bond motifs is 1. The van der Waals surface area contributed by atoms with E-state index in [2.05, 4.69) is 19.2 Å². The Morgan fingerprint density at radius 3 is 2.43 bits per heavy atom. The van der Waals surface area contributed by atoms with Gasteiger partial charge >= 0.3 is 0 Å². The molecule has 0 unspecified atom stereocenters. The molecule has 1 atom stereocenters. The lowest BCUT2D eigenvalue weighted by atomic mass is 9.83. The molecule has 1 aliphatic rings. The van der Waals surface area contributed by atoms with Gasteiger partial charge in [-0.1, -0.05) is 55.8 Å². The second-order valence-corrected chi connectivity index (χ2v) is 9.89. The second kappa shape index (κ2) is 8.86. The van der Waals surface area contributed by atoms with Crippen LogP contribution in [0, 0.1) is 0 Å². The third-order valence-electron chi connectivity index (χ3n) is 5.63. The summed E-state index contributed by atoms with van der Waals surface area (Å²) >= 11 is 6.19. The zero-order valence-corrected chi connectivity index (χ0v) is 19.0. The van der Waals surface area contributed by atoms with Gasteiger partial charge in [-0.2, -0.15) is 0 Å². The van der Waals surface area contributed by atoms with Crippen LogP contribution >= 0.6 is 11.6 Å². The minimum Gasteiger partial charge on any atom is -0.487 e. The Hall–Kier alpha value is -2.25. The van der Waals surface area contributed by atoms with Gasteiger partial charge in [0.1, 0.15) is 17.9 Å². The Bertz CT molecular complexity index is 1020. The molecule has 0 fully saturated rings. The molecule has 0 aliphatic carbocycles. The van der Waals surface area contributed by atoms with Crippen molar-refractivity contribution >= 4 is 33.2 Å². The summed E-state index contributed by atoms with van der Waals surface area (Å²) in [6, 6.07) is 13.9. The Labute approximate surface area is 183 Å². The molecule has 30 heavy (non-hydrogen) atoms. The number of sulfonamides is 1. The van der Waals surface area contributed by atoms with Gasteiger partial charge < -0.3 is 10.1 Å². The fourth-order valence-corrected chi connectivity index (χ4v) is 4.99. The molecule has 0 spiro atoms. The lowest BCUT2D eigenvalue weighted by Crippen LogP contribution is -2.47. The van der Waals surface area contributed by atoms with Crippen molar-refractivity contribution in [1.29, 1.82) is 0 Å². The predicted molar refractivity (Wildman–Crippen MR) is 120 cm³/mol. The summed E-state index contributed by atoms with van der Waals surface area (Å²) in [6.07, 6.45) is 3.29. The SMILES string of the molecule is CCC1(CC)C[C@H](NC(=O)CN(c2ccccc2Cl)S(C)(=O)=O)c2ccccc2O1. The molecule has 1 N–H and O–H groups in total. The molecule has 0 saturated carbocycles. The van der Waals surface area contributed by atoms with E-state index < -0.39 is 15.9 Å². The van der Waals surface area contributed by atoms with Gasteiger partial charge in [-0.3, -0.25) is 9.10 Å². The van der Waals surface area contributed by atoms with Gasteiger partial charge in [-0.05, 0) is 31.0 Å². The first kappa shape index (κ1) is 22.4. The van der Waals surface area contributed by atoms with Gasteiger partial charge in [0.2, 0.25) is 15.9 Å². The average Bonchev–Trinajstić information content (AvgIpc) is 2.71. The van der Waals surface area contributed by atoms with Crippen LogP contribution in [0.25, 0.3) is 0 Å². The van der Waals surface area contributed by atoms with Crippen molar-refractivity contribution in [2.75, 3.05) is 17.1 Å². The molecule has 162 valence electrons. The molecule has 2 aromatic rings. The first-order valence-electron chi connectivity index (χ1n) is 9.98. The minimum atomic E-state index is -3.71. The number of ether oxygens (including phenoxy) is 1. The largest absolute Gasteiger partial charge is 0.487 e. The van der Waals surface area contributed by atoms with Crippen LogP contribution in [-0.2, 0) is 14.8 Å². The fraction of sp³-hybridized carbons (Fsp3) is 0.409. The summed E-state index contributed by atoms with van der Waals surface area (Å²) in [7, 11) is -3.71. The molecule has 0 radical (unpaired) electrons. The lowest BCUT2D eigenvalue weighted by molar-refractivity contribution is -0.121. The quantitative estimate of drug-likeness (QED) is 0.682. The molecule has 0 aromatic heterocycles. The first-order chi connectivity index (χ1) is 14.2.